The minimum Gasteiger partial charge on any atom is -0.481 e. The lowest BCUT2D eigenvalue weighted by molar-refractivity contribution is -0.222. The molecule has 1 amide bonds. The van der Waals surface area contributed by atoms with Crippen molar-refractivity contribution < 1.29 is 34.5 Å². The van der Waals surface area contributed by atoms with E-state index in [9.17, 15) is 24.3 Å². The zero-order chi connectivity index (χ0) is 37.7. The number of benzene rings is 1. The van der Waals surface area contributed by atoms with Gasteiger partial charge in [0.15, 0.2) is 0 Å². The number of fused-ring (bicyclic) bond motifs is 7. The van der Waals surface area contributed by atoms with E-state index in [1.165, 1.54) is 31.3 Å². The molecule has 286 valence electrons. The predicted molar refractivity (Wildman–Crippen MR) is 201 cm³/mol. The molecule has 4 saturated carbocycles. The highest BCUT2D eigenvalue weighted by atomic mass is 16.4. The molecule has 0 radical (unpaired) electrons. The van der Waals surface area contributed by atoms with E-state index in [0.717, 1.165) is 44.1 Å². The van der Waals surface area contributed by atoms with Crippen molar-refractivity contribution in [1.82, 2.24) is 10.2 Å². The van der Waals surface area contributed by atoms with E-state index < -0.39 is 17.9 Å². The van der Waals surface area contributed by atoms with Crippen molar-refractivity contribution >= 4 is 29.4 Å². The number of hydrogen-bond donors (Lipinski definition) is 4. The molecule has 0 unspecified atom stereocenters. The fourth-order valence-corrected chi connectivity index (χ4v) is 13.4. The van der Waals surface area contributed by atoms with E-state index in [-0.39, 0.29) is 45.8 Å². The maximum Gasteiger partial charge on any atom is 0.335 e. The number of carboxylic acid groups (broad SMARTS) is 3. The smallest absolute Gasteiger partial charge is 0.335 e. The maximum atomic E-state index is 14.2. The highest BCUT2D eigenvalue weighted by molar-refractivity contribution is 5.88. The number of aromatic carboxylic acids is 1. The Morgan fingerprint density at radius 2 is 1.42 bits per heavy atom. The Morgan fingerprint density at radius 1 is 0.750 bits per heavy atom. The van der Waals surface area contributed by atoms with Crippen LogP contribution in [0.4, 0.5) is 0 Å². The molecule has 8 atom stereocenters. The van der Waals surface area contributed by atoms with Crippen LogP contribution in [0.5, 0.6) is 0 Å². The summed E-state index contributed by atoms with van der Waals surface area (Å²) in [6, 6.07) is 7.45. The van der Waals surface area contributed by atoms with Crippen molar-refractivity contribution in [1.29, 1.82) is 0 Å². The number of allylic oxidation sites excluding steroid dienone is 2. The fraction of sp³-hybridized carbons (Fsp3) is 0.721. The van der Waals surface area contributed by atoms with E-state index in [1.54, 1.807) is 12.1 Å². The van der Waals surface area contributed by atoms with Crippen LogP contribution in [-0.4, -0.2) is 70.2 Å². The summed E-state index contributed by atoms with van der Waals surface area (Å²) in [5, 5.41) is 31.0. The molecule has 0 aromatic heterocycles. The van der Waals surface area contributed by atoms with Gasteiger partial charge in [0, 0.05) is 19.6 Å². The van der Waals surface area contributed by atoms with E-state index in [4.69, 9.17) is 10.2 Å². The first-order valence-corrected chi connectivity index (χ1v) is 20.0. The quantitative estimate of drug-likeness (QED) is 0.150. The van der Waals surface area contributed by atoms with Crippen LogP contribution in [0, 0.1) is 50.7 Å². The molecule has 1 aromatic carbocycles. The second-order valence-electron chi connectivity index (χ2n) is 18.5. The standard InChI is InChI=1S/C43H62N2O7/c1-39(2)30(28-9-11-29(12-10-28)37(50)51)15-20-40(3)33(39)16-21-42(5)34(40)14-13-31-32-8-6-19-43(32,23-22-41(31,42)4)38(52)44-24-7-25-45(26-17-35(46)47)27-18-36(48)49/h9-12,15,31-34H,6-8,13-14,16-27H2,1-5H3,(H,44,52)(H,46,47)(H,48,49)(H,50,51)/t31-,32-,33+,34-,40+,41-,42-,43+/m1/s1. The molecule has 0 aliphatic heterocycles. The Morgan fingerprint density at radius 3 is 2.06 bits per heavy atom. The summed E-state index contributed by atoms with van der Waals surface area (Å²) < 4.78 is 0. The van der Waals surface area contributed by atoms with Crippen LogP contribution >= 0.6 is 0 Å². The van der Waals surface area contributed by atoms with Crippen molar-refractivity contribution in [2.24, 2.45) is 50.7 Å². The number of carboxylic acids is 3. The van der Waals surface area contributed by atoms with Crippen molar-refractivity contribution in [3.05, 3.63) is 41.5 Å². The molecule has 0 bridgehead atoms. The molecular formula is C43H62N2O7. The van der Waals surface area contributed by atoms with E-state index in [0.29, 0.717) is 61.8 Å². The van der Waals surface area contributed by atoms with Gasteiger partial charge in [-0.3, -0.25) is 14.4 Å². The summed E-state index contributed by atoms with van der Waals surface area (Å²) in [7, 11) is 0. The number of hydrogen-bond acceptors (Lipinski definition) is 5. The van der Waals surface area contributed by atoms with E-state index in [1.807, 2.05) is 17.0 Å². The molecule has 4 N–H and O–H groups in total. The molecule has 9 heteroatoms. The summed E-state index contributed by atoms with van der Waals surface area (Å²) in [6.45, 7) is 14.3. The number of nitrogens with zero attached hydrogens (tertiary/aromatic N) is 1. The lowest BCUT2D eigenvalue weighted by atomic mass is 9.32. The minimum atomic E-state index is -0.898. The van der Waals surface area contributed by atoms with Gasteiger partial charge in [-0.05, 0) is 139 Å². The first-order chi connectivity index (χ1) is 24.5. The second kappa shape index (κ2) is 14.2. The Balaban J connectivity index is 1.16. The number of amides is 1. The molecule has 4 fully saturated rings. The van der Waals surface area contributed by atoms with Crippen LogP contribution in [0.3, 0.4) is 0 Å². The molecule has 0 heterocycles. The zero-order valence-electron chi connectivity index (χ0n) is 32.1. The molecule has 5 aliphatic carbocycles. The summed E-state index contributed by atoms with van der Waals surface area (Å²) in [6.07, 6.45) is 14.1. The largest absolute Gasteiger partial charge is 0.481 e. The normalized spacial score (nSPS) is 36.1. The molecular weight excluding hydrogens is 656 g/mol. The third-order valence-electron chi connectivity index (χ3n) is 16.1. The van der Waals surface area contributed by atoms with Gasteiger partial charge in [0.25, 0.3) is 0 Å². The fourth-order valence-electron chi connectivity index (χ4n) is 13.4. The number of carbonyl (C=O) groups excluding carboxylic acids is 1. The summed E-state index contributed by atoms with van der Waals surface area (Å²) in [5.41, 5.74) is 2.97. The lowest BCUT2D eigenvalue weighted by Crippen LogP contribution is -2.65. The van der Waals surface area contributed by atoms with E-state index in [2.05, 4.69) is 46.0 Å². The van der Waals surface area contributed by atoms with Crippen LogP contribution in [0.15, 0.2) is 30.3 Å². The van der Waals surface area contributed by atoms with Gasteiger partial charge in [-0.15, -0.1) is 0 Å². The lowest BCUT2D eigenvalue weighted by Gasteiger charge is -2.72. The number of rotatable bonds is 13. The third kappa shape index (κ3) is 6.41. The molecule has 9 nitrogen and oxygen atoms in total. The molecule has 5 aliphatic rings. The van der Waals surface area contributed by atoms with Crippen LogP contribution in [-0.2, 0) is 14.4 Å². The summed E-state index contributed by atoms with van der Waals surface area (Å²) in [5.74, 6) is -0.454. The van der Waals surface area contributed by atoms with Crippen molar-refractivity contribution in [2.75, 3.05) is 26.2 Å². The van der Waals surface area contributed by atoms with Gasteiger partial charge in [0.2, 0.25) is 5.91 Å². The monoisotopic (exact) mass is 718 g/mol. The number of aliphatic carboxylic acids is 2. The average Bonchev–Trinajstić information content (AvgIpc) is 3.53. The second-order valence-corrected chi connectivity index (χ2v) is 18.5. The molecule has 6 rings (SSSR count). The molecule has 52 heavy (non-hydrogen) atoms. The van der Waals surface area contributed by atoms with Gasteiger partial charge in [0.1, 0.15) is 0 Å². The van der Waals surface area contributed by atoms with Crippen molar-refractivity contribution in [3.8, 4) is 0 Å². The summed E-state index contributed by atoms with van der Waals surface area (Å²) in [4.78, 5) is 49.9. The van der Waals surface area contributed by atoms with Gasteiger partial charge < -0.3 is 25.5 Å². The Hall–Kier alpha value is -3.20. The summed E-state index contributed by atoms with van der Waals surface area (Å²) >= 11 is 0. The third-order valence-corrected chi connectivity index (χ3v) is 16.1. The van der Waals surface area contributed by atoms with Crippen molar-refractivity contribution in [3.63, 3.8) is 0 Å². The highest BCUT2D eigenvalue weighted by Gasteiger charge is 2.70. The zero-order valence-corrected chi connectivity index (χ0v) is 32.1. The Labute approximate surface area is 310 Å². The Kier molecular flexibility index (Phi) is 10.5. The minimum absolute atomic E-state index is 0.0312. The van der Waals surface area contributed by atoms with Crippen LogP contribution in [0.1, 0.15) is 134 Å². The van der Waals surface area contributed by atoms with Gasteiger partial charge >= 0.3 is 17.9 Å². The van der Waals surface area contributed by atoms with Crippen molar-refractivity contribution in [2.45, 2.75) is 118 Å². The van der Waals surface area contributed by atoms with Crippen LogP contribution in [0.25, 0.3) is 5.57 Å². The SMILES string of the molecule is CC1(C)C(c2ccc(C(=O)O)cc2)=CC[C@]2(C)[C@H]3CC[C@@H]4[C@H]5CCC[C@]5(C(=O)NCCCN(CCC(=O)O)CCC(=O)O)CC[C@@]4(C)[C@]3(C)CC[C@@H]12. The molecule has 1 aromatic rings. The van der Waals surface area contributed by atoms with Crippen LogP contribution < -0.4 is 5.32 Å². The topological polar surface area (TPSA) is 144 Å². The van der Waals surface area contributed by atoms with Gasteiger partial charge in [-0.2, -0.15) is 0 Å². The average molecular weight is 719 g/mol. The van der Waals surface area contributed by atoms with Gasteiger partial charge in [-0.1, -0.05) is 59.2 Å². The first kappa shape index (κ1) is 38.5. The number of carbonyl (C=O) groups is 4. The highest BCUT2D eigenvalue weighted by Crippen LogP contribution is 2.77. The van der Waals surface area contributed by atoms with E-state index >= 15 is 0 Å². The Bertz CT molecular complexity index is 1570. The molecule has 0 saturated heterocycles. The molecule has 0 spiro atoms. The number of nitrogens with one attached hydrogen (secondary N) is 1. The van der Waals surface area contributed by atoms with Crippen LogP contribution in [0.2, 0.25) is 0 Å². The predicted octanol–water partition coefficient (Wildman–Crippen LogP) is 7.99. The first-order valence-electron chi connectivity index (χ1n) is 20.0. The van der Waals surface area contributed by atoms with Gasteiger partial charge in [-0.25, -0.2) is 4.79 Å². The maximum absolute atomic E-state index is 14.2. The van der Waals surface area contributed by atoms with Gasteiger partial charge in [0.05, 0.1) is 23.8 Å².